The van der Waals surface area contributed by atoms with Gasteiger partial charge in [-0.1, -0.05) is 6.07 Å². The van der Waals surface area contributed by atoms with Gasteiger partial charge in [0.2, 0.25) is 0 Å². The molecule has 38 heavy (non-hydrogen) atoms. The quantitative estimate of drug-likeness (QED) is 0.464. The van der Waals surface area contributed by atoms with Gasteiger partial charge in [-0.3, -0.25) is 4.79 Å². The Morgan fingerprint density at radius 1 is 1.05 bits per heavy atom. The Labute approximate surface area is 222 Å². The van der Waals surface area contributed by atoms with Gasteiger partial charge < -0.3 is 23.7 Å². The molecule has 3 aromatic rings. The number of piperidine rings is 1. The summed E-state index contributed by atoms with van der Waals surface area (Å²) < 4.78 is 38.5. The Hall–Kier alpha value is -3.86. The molecule has 0 aliphatic carbocycles. The van der Waals surface area contributed by atoms with Crippen LogP contribution < -0.4 is 9.50 Å². The van der Waals surface area contributed by atoms with E-state index in [1.807, 2.05) is 20.8 Å². The number of carbonyl (C=O) groups excluding carboxylic acids is 2. The van der Waals surface area contributed by atoms with E-state index in [1.165, 1.54) is 31.3 Å². The zero-order valence-corrected chi connectivity index (χ0v) is 22.7. The second-order valence-corrected chi connectivity index (χ2v) is 11.6. The highest BCUT2D eigenvalue weighted by Gasteiger charge is 2.28. The van der Waals surface area contributed by atoms with Gasteiger partial charge in [-0.2, -0.15) is 8.42 Å². The summed E-state index contributed by atoms with van der Waals surface area (Å²) >= 11 is 0. The molecular formula is C27H32N4O6S. The van der Waals surface area contributed by atoms with E-state index < -0.39 is 21.6 Å². The molecule has 0 atom stereocenters. The molecule has 0 saturated carbocycles. The summed E-state index contributed by atoms with van der Waals surface area (Å²) in [7, 11) is -2.66. The Kier molecular flexibility index (Phi) is 7.77. The summed E-state index contributed by atoms with van der Waals surface area (Å²) in [5, 5.41) is 2.47. The van der Waals surface area contributed by atoms with Crippen molar-refractivity contribution >= 4 is 22.1 Å². The highest BCUT2D eigenvalue weighted by Crippen LogP contribution is 2.31. The van der Waals surface area contributed by atoms with Gasteiger partial charge in [-0.25, -0.2) is 9.78 Å². The van der Waals surface area contributed by atoms with E-state index >= 15 is 0 Å². The third kappa shape index (κ3) is 6.34. The molecule has 11 heteroatoms. The Morgan fingerprint density at radius 2 is 1.74 bits per heavy atom. The van der Waals surface area contributed by atoms with Crippen molar-refractivity contribution in [1.29, 1.82) is 0 Å². The molecule has 4 rings (SSSR count). The van der Waals surface area contributed by atoms with Crippen molar-refractivity contribution in [3.05, 3.63) is 66.6 Å². The Bertz CT molecular complexity index is 1400. The topological polar surface area (TPSA) is 120 Å². The van der Waals surface area contributed by atoms with Crippen LogP contribution in [0.4, 0.5) is 4.79 Å². The molecule has 0 spiro atoms. The zero-order valence-electron chi connectivity index (χ0n) is 21.9. The van der Waals surface area contributed by atoms with Crippen molar-refractivity contribution < 1.29 is 26.9 Å². The molecule has 1 saturated heterocycles. The molecule has 1 aromatic heterocycles. The first-order chi connectivity index (χ1) is 18.0. The molecule has 2 amide bonds. The number of hydrogen-bond donors (Lipinski definition) is 1. The highest BCUT2D eigenvalue weighted by molar-refractivity contribution is 7.87. The highest BCUT2D eigenvalue weighted by atomic mass is 32.2. The molecule has 2 heterocycles. The van der Waals surface area contributed by atoms with E-state index in [9.17, 15) is 18.0 Å². The minimum absolute atomic E-state index is 0.113. The third-order valence-electron chi connectivity index (χ3n) is 6.14. The van der Waals surface area contributed by atoms with E-state index in [0.717, 1.165) is 24.1 Å². The van der Waals surface area contributed by atoms with E-state index in [2.05, 4.69) is 14.9 Å². The summed E-state index contributed by atoms with van der Waals surface area (Å²) in [6, 6.07) is 12.5. The minimum Gasteiger partial charge on any atom is -0.444 e. The van der Waals surface area contributed by atoms with Crippen LogP contribution in [0.5, 0.6) is 5.75 Å². The lowest BCUT2D eigenvalue weighted by Gasteiger charge is -2.34. The number of carbonyl (C=O) groups is 2. The average molecular weight is 541 g/mol. The van der Waals surface area contributed by atoms with Gasteiger partial charge in [-0.15, -0.1) is 0 Å². The number of nitrogens with one attached hydrogen (secondary N) is 1. The lowest BCUT2D eigenvalue weighted by Crippen LogP contribution is -2.42. The fourth-order valence-corrected chi connectivity index (χ4v) is 5.24. The summed E-state index contributed by atoms with van der Waals surface area (Å²) in [4.78, 5) is 30.2. The van der Waals surface area contributed by atoms with Crippen LogP contribution in [0.3, 0.4) is 0 Å². The molecule has 1 N–H and O–H groups in total. The van der Waals surface area contributed by atoms with E-state index in [4.69, 9.17) is 8.92 Å². The van der Waals surface area contributed by atoms with Crippen molar-refractivity contribution in [2.45, 2.75) is 50.2 Å². The normalized spacial score (nSPS) is 14.7. The summed E-state index contributed by atoms with van der Waals surface area (Å²) in [6.07, 6.45) is 4.76. The van der Waals surface area contributed by atoms with Crippen LogP contribution in [0.1, 0.15) is 50.0 Å². The third-order valence-corrected chi connectivity index (χ3v) is 7.39. The maximum absolute atomic E-state index is 12.8. The summed E-state index contributed by atoms with van der Waals surface area (Å²) in [6.45, 7) is 6.73. The summed E-state index contributed by atoms with van der Waals surface area (Å²) in [5.41, 5.74) is 1.42. The maximum Gasteiger partial charge on any atom is 0.410 e. The molecule has 1 fully saturated rings. The van der Waals surface area contributed by atoms with Crippen molar-refractivity contribution in [3.63, 3.8) is 0 Å². The smallest absolute Gasteiger partial charge is 0.410 e. The maximum atomic E-state index is 12.8. The van der Waals surface area contributed by atoms with Gasteiger partial charge in [0.25, 0.3) is 5.91 Å². The lowest BCUT2D eigenvalue weighted by atomic mass is 10.0. The zero-order chi connectivity index (χ0) is 27.5. The first-order valence-electron chi connectivity index (χ1n) is 12.3. The van der Waals surface area contributed by atoms with E-state index in [-0.39, 0.29) is 28.3 Å². The number of hydrogen-bond acceptors (Lipinski definition) is 7. The Morgan fingerprint density at radius 3 is 2.37 bits per heavy atom. The monoisotopic (exact) mass is 540 g/mol. The van der Waals surface area contributed by atoms with Gasteiger partial charge in [0, 0.05) is 37.3 Å². The van der Waals surface area contributed by atoms with Crippen LogP contribution >= 0.6 is 0 Å². The van der Waals surface area contributed by atoms with Crippen molar-refractivity contribution in [3.8, 4) is 17.0 Å². The fourth-order valence-electron chi connectivity index (χ4n) is 4.27. The number of likely N-dealkylation sites (tertiary alicyclic amines) is 1. The second kappa shape index (κ2) is 10.9. The van der Waals surface area contributed by atoms with Crippen LogP contribution in [-0.2, 0) is 14.9 Å². The molecule has 10 nitrogen and oxygen atoms in total. The van der Waals surface area contributed by atoms with Crippen LogP contribution in [0.2, 0.25) is 0 Å². The van der Waals surface area contributed by atoms with Crippen LogP contribution in [-0.4, -0.2) is 60.6 Å². The SMILES string of the molecule is CNC(=O)c1cccc(S(=O)(=O)Oc2ccc(-c3cncn3C3CCN(C(=O)OC(C)(C)C)CC3)cc2)c1. The van der Waals surface area contributed by atoms with E-state index in [0.29, 0.717) is 13.1 Å². The first-order valence-corrected chi connectivity index (χ1v) is 13.7. The Balaban J connectivity index is 1.44. The molecular weight excluding hydrogens is 508 g/mol. The molecule has 202 valence electrons. The molecule has 0 unspecified atom stereocenters. The average Bonchev–Trinajstić information content (AvgIpc) is 3.37. The van der Waals surface area contributed by atoms with Gasteiger partial charge in [0.15, 0.2) is 0 Å². The van der Waals surface area contributed by atoms with Crippen molar-refractivity contribution in [2.75, 3.05) is 20.1 Å². The number of aromatic nitrogens is 2. The number of nitrogens with zero attached hydrogens (tertiary/aromatic N) is 3. The van der Waals surface area contributed by atoms with Crippen LogP contribution in [0.15, 0.2) is 66.0 Å². The predicted molar refractivity (Wildman–Crippen MR) is 141 cm³/mol. The first kappa shape index (κ1) is 27.2. The van der Waals surface area contributed by atoms with Crippen LogP contribution in [0, 0.1) is 0 Å². The standard InChI is InChI=1S/C27H32N4O6S/c1-27(2,3)36-26(33)30-14-12-21(13-15-30)31-18-29-17-24(31)19-8-10-22(11-9-19)37-38(34,35)23-7-5-6-20(16-23)25(32)28-4/h5-11,16-18,21H,12-15H2,1-4H3,(H,28,32). The second-order valence-electron chi connectivity index (χ2n) is 10.1. The molecule has 1 aliphatic heterocycles. The number of benzene rings is 2. The number of amides is 2. The molecule has 1 aliphatic rings. The predicted octanol–water partition coefficient (Wildman–Crippen LogP) is 4.25. The van der Waals surface area contributed by atoms with Gasteiger partial charge in [0.05, 0.1) is 18.2 Å². The molecule has 2 aromatic carbocycles. The number of rotatable bonds is 6. The van der Waals surface area contributed by atoms with Gasteiger partial charge in [-0.05, 0) is 76.1 Å². The summed E-state index contributed by atoms with van der Waals surface area (Å²) in [5.74, 6) is -0.241. The largest absolute Gasteiger partial charge is 0.444 e. The van der Waals surface area contributed by atoms with Crippen molar-refractivity contribution in [2.24, 2.45) is 0 Å². The van der Waals surface area contributed by atoms with E-state index in [1.54, 1.807) is 41.7 Å². The number of imidazole rings is 1. The van der Waals surface area contributed by atoms with Crippen LogP contribution in [0.25, 0.3) is 11.3 Å². The number of ether oxygens (including phenoxy) is 1. The molecule has 0 radical (unpaired) electrons. The van der Waals surface area contributed by atoms with Gasteiger partial charge in [0.1, 0.15) is 16.2 Å². The lowest BCUT2D eigenvalue weighted by molar-refractivity contribution is 0.0189. The fraction of sp³-hybridized carbons (Fsp3) is 0.370. The minimum atomic E-state index is -4.13. The van der Waals surface area contributed by atoms with Gasteiger partial charge >= 0.3 is 16.2 Å². The molecule has 0 bridgehead atoms. The van der Waals surface area contributed by atoms with Crippen molar-refractivity contribution in [1.82, 2.24) is 19.8 Å².